The lowest BCUT2D eigenvalue weighted by Gasteiger charge is -2.41. The van der Waals surface area contributed by atoms with Crippen LogP contribution in [-0.2, 0) is 0 Å². The van der Waals surface area contributed by atoms with Crippen molar-refractivity contribution in [2.24, 2.45) is 0 Å². The summed E-state index contributed by atoms with van der Waals surface area (Å²) >= 11 is 12.0. The monoisotopic (exact) mass is 355 g/mol. The van der Waals surface area contributed by atoms with Crippen molar-refractivity contribution in [2.75, 3.05) is 24.7 Å². The van der Waals surface area contributed by atoms with Gasteiger partial charge in [0.2, 0.25) is 5.28 Å². The van der Waals surface area contributed by atoms with E-state index in [1.165, 1.54) is 12.3 Å². The molecule has 0 spiro atoms. The Morgan fingerprint density at radius 1 is 1.30 bits per heavy atom. The van der Waals surface area contributed by atoms with Gasteiger partial charge >= 0.3 is 0 Å². The minimum absolute atomic E-state index is 0.0343. The summed E-state index contributed by atoms with van der Waals surface area (Å²) in [6.45, 7) is 3.62. The van der Waals surface area contributed by atoms with Crippen LogP contribution in [0.2, 0.25) is 10.3 Å². The fourth-order valence-electron chi connectivity index (χ4n) is 2.95. The van der Waals surface area contributed by atoms with Gasteiger partial charge in [0.25, 0.3) is 0 Å². The van der Waals surface area contributed by atoms with Gasteiger partial charge in [-0.1, -0.05) is 11.6 Å². The van der Waals surface area contributed by atoms with E-state index in [1.54, 1.807) is 0 Å². The molecule has 2 aromatic rings. The quantitative estimate of drug-likeness (QED) is 0.731. The molecule has 5 nitrogen and oxygen atoms in total. The van der Waals surface area contributed by atoms with E-state index in [9.17, 15) is 4.39 Å². The number of aromatic nitrogens is 2. The van der Waals surface area contributed by atoms with Crippen molar-refractivity contribution in [3.05, 3.63) is 28.4 Å². The lowest BCUT2D eigenvalue weighted by Crippen LogP contribution is -2.45. The number of anilines is 1. The van der Waals surface area contributed by atoms with Gasteiger partial charge in [-0.2, -0.15) is 0 Å². The number of ether oxygens (including phenoxy) is 2. The number of hydrogen-bond acceptors (Lipinski definition) is 5. The van der Waals surface area contributed by atoms with Crippen molar-refractivity contribution in [1.29, 1.82) is 0 Å². The Morgan fingerprint density at radius 3 is 2.96 bits per heavy atom. The number of hydrogen-bond donors (Lipinski definition) is 0. The van der Waals surface area contributed by atoms with Gasteiger partial charge < -0.3 is 14.4 Å². The Hall–Kier alpha value is -1.79. The summed E-state index contributed by atoms with van der Waals surface area (Å²) in [5, 5.41) is 0.308. The first-order valence-corrected chi connectivity index (χ1v) is 7.89. The highest BCUT2D eigenvalue weighted by Crippen LogP contribution is 2.50. The maximum absolute atomic E-state index is 14.6. The smallest absolute Gasteiger partial charge is 0.222 e. The summed E-state index contributed by atoms with van der Waals surface area (Å²) in [6, 6.07) is 1.45. The lowest BCUT2D eigenvalue weighted by molar-refractivity contribution is 0.230. The SMILES string of the molecule is C[C@@H]1COc2c(-c3nc(Cl)ncc3Cl)cc(F)c3c2N1CCO3. The average molecular weight is 356 g/mol. The molecule has 2 aliphatic rings. The van der Waals surface area contributed by atoms with E-state index in [1.807, 2.05) is 6.92 Å². The number of rotatable bonds is 1. The van der Waals surface area contributed by atoms with Crippen LogP contribution in [0.1, 0.15) is 6.92 Å². The zero-order valence-corrected chi connectivity index (χ0v) is 13.7. The third-order valence-corrected chi connectivity index (χ3v) is 4.46. The normalized spacial score (nSPS) is 19.0. The fourth-order valence-corrected chi connectivity index (χ4v) is 3.27. The Morgan fingerprint density at radius 2 is 2.13 bits per heavy atom. The number of halogens is 3. The summed E-state index contributed by atoms with van der Waals surface area (Å²) in [5.74, 6) is 0.237. The summed E-state index contributed by atoms with van der Waals surface area (Å²) in [5.41, 5.74) is 1.39. The van der Waals surface area contributed by atoms with Crippen LogP contribution >= 0.6 is 23.2 Å². The molecule has 3 heterocycles. The topological polar surface area (TPSA) is 47.5 Å². The van der Waals surface area contributed by atoms with E-state index < -0.39 is 5.82 Å². The van der Waals surface area contributed by atoms with E-state index in [0.29, 0.717) is 42.5 Å². The zero-order valence-electron chi connectivity index (χ0n) is 12.1. The first-order valence-electron chi connectivity index (χ1n) is 7.13. The molecule has 2 aliphatic heterocycles. The summed E-state index contributed by atoms with van der Waals surface area (Å²) in [4.78, 5) is 10.0. The Labute approximate surface area is 141 Å². The van der Waals surface area contributed by atoms with E-state index in [-0.39, 0.29) is 22.1 Å². The molecule has 0 saturated heterocycles. The minimum Gasteiger partial charge on any atom is -0.488 e. The van der Waals surface area contributed by atoms with Crippen molar-refractivity contribution in [2.45, 2.75) is 13.0 Å². The van der Waals surface area contributed by atoms with Gasteiger partial charge in [-0.15, -0.1) is 0 Å². The molecule has 0 fully saturated rings. The van der Waals surface area contributed by atoms with Gasteiger partial charge in [0.15, 0.2) is 17.3 Å². The van der Waals surface area contributed by atoms with E-state index in [4.69, 9.17) is 32.7 Å². The van der Waals surface area contributed by atoms with Crippen LogP contribution in [0, 0.1) is 5.82 Å². The fraction of sp³-hybridized carbons (Fsp3) is 0.333. The summed E-state index contributed by atoms with van der Waals surface area (Å²) in [6.07, 6.45) is 1.38. The average Bonchev–Trinajstić information content (AvgIpc) is 2.55. The maximum Gasteiger partial charge on any atom is 0.222 e. The molecule has 23 heavy (non-hydrogen) atoms. The highest BCUT2D eigenvalue weighted by Gasteiger charge is 2.35. The Balaban J connectivity index is 2.00. The molecular weight excluding hydrogens is 344 g/mol. The van der Waals surface area contributed by atoms with Crippen molar-refractivity contribution in [3.63, 3.8) is 0 Å². The predicted molar refractivity (Wildman–Crippen MR) is 85.2 cm³/mol. The molecule has 1 atom stereocenters. The summed E-state index contributed by atoms with van der Waals surface area (Å²) < 4.78 is 25.9. The van der Waals surface area contributed by atoms with Crippen LogP contribution in [0.4, 0.5) is 10.1 Å². The molecule has 0 N–H and O–H groups in total. The van der Waals surface area contributed by atoms with Crippen molar-refractivity contribution >= 4 is 28.9 Å². The van der Waals surface area contributed by atoms with Gasteiger partial charge in [0.1, 0.15) is 18.9 Å². The second kappa shape index (κ2) is 5.39. The molecule has 0 bridgehead atoms. The standard InChI is InChI=1S/C15H12Cl2FN3O2/c1-7-6-23-13-8(11-9(16)5-19-15(17)20-11)4-10(18)14-12(13)21(7)2-3-22-14/h4-5,7H,2-3,6H2,1H3/t7-/m1/s1. The summed E-state index contributed by atoms with van der Waals surface area (Å²) in [7, 11) is 0. The first-order chi connectivity index (χ1) is 11.1. The third-order valence-electron chi connectivity index (χ3n) is 4.00. The minimum atomic E-state index is -0.480. The predicted octanol–water partition coefficient (Wildman–Crippen LogP) is 3.57. The van der Waals surface area contributed by atoms with E-state index >= 15 is 0 Å². The van der Waals surface area contributed by atoms with E-state index in [2.05, 4.69) is 14.9 Å². The van der Waals surface area contributed by atoms with Gasteiger partial charge in [0, 0.05) is 5.56 Å². The van der Waals surface area contributed by atoms with Crippen molar-refractivity contribution < 1.29 is 13.9 Å². The molecular formula is C15H12Cl2FN3O2. The highest BCUT2D eigenvalue weighted by molar-refractivity contribution is 6.33. The molecule has 8 heteroatoms. The van der Waals surface area contributed by atoms with Gasteiger partial charge in [-0.05, 0) is 24.6 Å². The maximum atomic E-state index is 14.6. The molecule has 0 radical (unpaired) electrons. The lowest BCUT2D eigenvalue weighted by atomic mass is 10.0. The van der Waals surface area contributed by atoms with Crippen LogP contribution < -0.4 is 14.4 Å². The second-order valence-electron chi connectivity index (χ2n) is 5.45. The molecule has 1 aromatic heterocycles. The Bertz CT molecular complexity index is 803. The second-order valence-corrected chi connectivity index (χ2v) is 6.20. The van der Waals surface area contributed by atoms with Crippen LogP contribution in [0.5, 0.6) is 11.5 Å². The molecule has 4 rings (SSSR count). The molecule has 0 unspecified atom stereocenters. The van der Waals surface area contributed by atoms with Crippen LogP contribution in [0.3, 0.4) is 0 Å². The van der Waals surface area contributed by atoms with Crippen LogP contribution in [-0.4, -0.2) is 35.8 Å². The van der Waals surface area contributed by atoms with Crippen LogP contribution in [0.25, 0.3) is 11.3 Å². The molecule has 0 saturated carbocycles. The van der Waals surface area contributed by atoms with Gasteiger partial charge in [-0.3, -0.25) is 0 Å². The Kier molecular flexibility index (Phi) is 3.46. The van der Waals surface area contributed by atoms with Gasteiger partial charge in [-0.25, -0.2) is 14.4 Å². The van der Waals surface area contributed by atoms with Crippen LogP contribution in [0.15, 0.2) is 12.3 Å². The number of benzene rings is 1. The third kappa shape index (κ3) is 2.28. The first kappa shape index (κ1) is 14.8. The van der Waals surface area contributed by atoms with Crippen molar-refractivity contribution in [1.82, 2.24) is 9.97 Å². The van der Waals surface area contributed by atoms with E-state index in [0.717, 1.165) is 0 Å². The largest absolute Gasteiger partial charge is 0.488 e. The van der Waals surface area contributed by atoms with Gasteiger partial charge in [0.05, 0.1) is 29.5 Å². The molecule has 120 valence electrons. The molecule has 1 aromatic carbocycles. The highest BCUT2D eigenvalue weighted by atomic mass is 35.5. The van der Waals surface area contributed by atoms with Crippen molar-refractivity contribution in [3.8, 4) is 22.8 Å². The number of nitrogens with zero attached hydrogens (tertiary/aromatic N) is 3. The molecule has 0 amide bonds. The molecule has 0 aliphatic carbocycles. The zero-order chi connectivity index (χ0) is 16.1.